The van der Waals surface area contributed by atoms with Crippen molar-refractivity contribution in [3.63, 3.8) is 0 Å². The van der Waals surface area contributed by atoms with Crippen molar-refractivity contribution in [3.8, 4) is 0 Å². The molecule has 0 saturated carbocycles. The Morgan fingerprint density at radius 1 is 0.344 bits per heavy atom. The molecule has 6 saturated heterocycles. The van der Waals surface area contributed by atoms with E-state index in [1.165, 1.54) is 22.9 Å². The third-order valence-corrected chi connectivity index (χ3v) is 27.2. The molecule has 0 amide bonds. The summed E-state index contributed by atoms with van der Waals surface area (Å²) in [4.78, 5) is 205. The number of aromatic nitrogens is 18. The largest absolute Gasteiger partial charge is 0.351 e. The van der Waals surface area contributed by atoms with Crippen molar-refractivity contribution >= 4 is 138 Å². The number of imidazole rings is 3. The Morgan fingerprint density at radius 2 is 0.586 bits per heavy atom. The molecule has 697 valence electrons. The Bertz CT molecular complexity index is 6450. The van der Waals surface area contributed by atoms with Gasteiger partial charge in [0, 0.05) is 31.7 Å². The quantitative estimate of drug-likeness (QED) is 0.0135. The van der Waals surface area contributed by atoms with E-state index in [2.05, 4.69) is 79.9 Å². The van der Waals surface area contributed by atoms with Gasteiger partial charge in [0.2, 0.25) is 11.9 Å². The molecule has 6 aliphatic rings. The number of phosphoric acid groups is 6. The zero-order valence-electron chi connectivity index (χ0n) is 64.5. The molecule has 71 heteroatoms. The van der Waals surface area contributed by atoms with Crippen LogP contribution >= 0.6 is 53.2 Å². The topological polar surface area (TPSA) is 899 Å². The van der Waals surface area contributed by atoms with Gasteiger partial charge in [-0.3, -0.25) is 65.0 Å². The van der Waals surface area contributed by atoms with E-state index in [9.17, 15) is 99.9 Å². The van der Waals surface area contributed by atoms with Gasteiger partial charge in [-0.25, -0.2) is 37.8 Å². The second-order valence-corrected chi connectivity index (χ2v) is 40.8. The molecule has 0 aromatic carbocycles. The van der Waals surface area contributed by atoms with Crippen LogP contribution in [-0.4, -0.2) is 255 Å². The van der Waals surface area contributed by atoms with E-state index >= 15 is 0 Å². The molecule has 0 bridgehead atoms. The maximum absolute atomic E-state index is 14.5. The van der Waals surface area contributed by atoms with Crippen molar-refractivity contribution in [3.05, 3.63) is 118 Å². The van der Waals surface area contributed by atoms with Gasteiger partial charge in [-0.05, 0) is 12.1 Å². The molecule has 5 unspecified atom stereocenters. The van der Waals surface area contributed by atoms with Crippen LogP contribution in [0.1, 0.15) is 75.9 Å². The van der Waals surface area contributed by atoms with Crippen LogP contribution in [0.15, 0.2) is 84.5 Å². The molecule has 1 radical (unpaired) electrons. The normalized spacial score (nSPS) is 28.8. The number of nitrogen functional groups attached to an aromatic ring is 6. The Labute approximate surface area is 717 Å². The number of nitrogens with two attached hydrogens (primary N) is 6. The van der Waals surface area contributed by atoms with Crippen LogP contribution in [0.25, 0.3) is 33.5 Å². The number of anilines is 6. The average Bonchev–Trinajstić information content (AvgIpc) is 1.63. The molecule has 15 heterocycles. The minimum absolute atomic E-state index is 0.144. The van der Waals surface area contributed by atoms with Gasteiger partial charge >= 0.3 is 347 Å². The molecule has 63 nitrogen and oxygen atoms in total. The van der Waals surface area contributed by atoms with E-state index in [0.29, 0.717) is 0 Å². The van der Waals surface area contributed by atoms with Crippen LogP contribution in [0.3, 0.4) is 0 Å². The summed E-state index contributed by atoms with van der Waals surface area (Å²) < 4.78 is 203. The zero-order chi connectivity index (χ0) is 91.8. The van der Waals surface area contributed by atoms with Gasteiger partial charge in [0.1, 0.15) is 66.9 Å². The Balaban J connectivity index is 0.639. The number of hydrogen-bond donors (Lipinski definition) is 17. The summed E-state index contributed by atoms with van der Waals surface area (Å²) in [5.41, 5.74) is 27.8. The second kappa shape index (κ2) is 37.0. The van der Waals surface area contributed by atoms with E-state index in [1.807, 2.05) is 0 Å². The van der Waals surface area contributed by atoms with Gasteiger partial charge in [-0.15, -0.1) is 0 Å². The summed E-state index contributed by atoms with van der Waals surface area (Å²) in [5.74, 6) is -1.85. The van der Waals surface area contributed by atoms with Crippen molar-refractivity contribution < 1.29 is 154 Å². The fourth-order valence-corrected chi connectivity index (χ4v) is 21.2. The van der Waals surface area contributed by atoms with Crippen LogP contribution in [0.2, 0.25) is 0 Å². The first-order valence-electron chi connectivity index (χ1n) is 37.0. The summed E-state index contributed by atoms with van der Waals surface area (Å²) in [6.07, 6.45) is -30.0. The summed E-state index contributed by atoms with van der Waals surface area (Å²) >= 11 is 2.24. The van der Waals surface area contributed by atoms with Gasteiger partial charge in [0.25, 0.3) is 11.1 Å². The van der Waals surface area contributed by atoms with E-state index in [-0.39, 0.29) is 69.3 Å². The maximum atomic E-state index is 14.5. The molecule has 9 aromatic rings. The molecular formula is C57H74N24O39P7Se. The first kappa shape index (κ1) is 94.2. The van der Waals surface area contributed by atoms with Crippen LogP contribution in [0, 0.1) is 0 Å². The van der Waals surface area contributed by atoms with Crippen molar-refractivity contribution in [1.82, 2.24) is 87.2 Å². The smallest absolute Gasteiger partial charge is 0.349 e. The zero-order valence-corrected chi connectivity index (χ0v) is 72.5. The average molecular weight is 2020 g/mol. The molecule has 9 aromatic heterocycles. The third kappa shape index (κ3) is 22.3. The molecule has 23 atom stereocenters. The number of ether oxygens (including phenoxy) is 6. The van der Waals surface area contributed by atoms with Gasteiger partial charge in [0.05, 0.1) is 32.5 Å². The second-order valence-electron chi connectivity index (χ2n) is 28.6. The maximum Gasteiger partial charge on any atom is 0.351 e. The van der Waals surface area contributed by atoms with E-state index in [0.717, 1.165) is 60.3 Å². The number of phosphoric ester groups is 6. The van der Waals surface area contributed by atoms with Crippen molar-refractivity contribution in [1.29, 1.82) is 0 Å². The number of H-pyrrole nitrogens is 3. The SMILES string of the molecule is Nc1ccn([C@H]2C[C@H](OP(=O)(O)OC[C@H]3O[C@@H](n4cnc5c(=O)[nH]c(N)nc54)C[C@@H]3OP(=O)(O)O)[C@@H](COP(=O)(O)O[C@H]3C[C@H](n4cnc5c(=O)[nH]c(N)nc54)O[C@@H]3COP(=O)(O)O[C@H]3C[C@H](n4ccc(N)nc4=O)O[C@@H]3COP(=O)(O)O[C@H]3C[C@H](n4cnc5c(=O)[nH]c(N)nc54)O[C@@H]3COP(=O)([Se])O[C@H]3C[C@H](n4ccc(N)nc4=O)O[C@@H]3COP(=O)(O)O)O2)c(=O)n1. The van der Waals surface area contributed by atoms with Crippen molar-refractivity contribution in [2.45, 2.75) is 149 Å². The van der Waals surface area contributed by atoms with E-state index in [4.69, 9.17) is 113 Å². The third-order valence-electron chi connectivity index (χ3n) is 19.9. The molecular weight excluding hydrogens is 1940 g/mol. The Morgan fingerprint density at radius 3 is 0.844 bits per heavy atom. The predicted octanol–water partition coefficient (Wildman–Crippen LogP) is -3.35. The number of aromatic amines is 3. The fraction of sp³-hybridized carbons (Fsp3) is 0.526. The molecule has 6 fully saturated rings. The number of nitrogens with zero attached hydrogens (tertiary/aromatic N) is 15. The summed E-state index contributed by atoms with van der Waals surface area (Å²) in [7, 11) is -33.1. The van der Waals surface area contributed by atoms with E-state index < -0.39 is 275 Å². The predicted molar refractivity (Wildman–Crippen MR) is 419 cm³/mol. The molecule has 0 spiro atoms. The van der Waals surface area contributed by atoms with Crippen molar-refractivity contribution in [2.24, 2.45) is 0 Å². The van der Waals surface area contributed by atoms with Crippen molar-refractivity contribution in [2.75, 3.05) is 74.0 Å². The number of rotatable bonds is 36. The number of hydrogen-bond acceptors (Lipinski definition) is 46. The number of fused-ring (bicyclic) bond motifs is 3. The van der Waals surface area contributed by atoms with Crippen LogP contribution in [-0.2, 0) is 115 Å². The van der Waals surface area contributed by atoms with Crippen LogP contribution < -0.4 is 68.1 Å². The summed E-state index contributed by atoms with van der Waals surface area (Å²) in [5, 5.41) is 0. The van der Waals surface area contributed by atoms with Gasteiger partial charge in [-0.2, -0.15) is 19.9 Å². The molecule has 0 aliphatic carbocycles. The van der Waals surface area contributed by atoms with Crippen LogP contribution in [0.4, 0.5) is 35.3 Å². The Kier molecular flexibility index (Phi) is 27.2. The van der Waals surface area contributed by atoms with Crippen LogP contribution in [0.5, 0.6) is 0 Å². The molecule has 6 aliphatic heterocycles. The molecule has 15 rings (SSSR count). The monoisotopic (exact) mass is 2020 g/mol. The first-order chi connectivity index (χ1) is 60.1. The van der Waals surface area contributed by atoms with Gasteiger partial charge in [0.15, 0.2) is 22.3 Å². The standard InChI is InChI=1S/C57H74N24O39P7Se/c58-34-1-4-76(55(85)67-34)37-8-23(116-123(94,95)104-14-29-22(115-122(91,92)93)7-40(112-29)79-19-64-43-46(79)70-52(61)73-49(43)82)30(110-37)15-105-125(98,99)118-25-10-41(80-20-65-44-47(80)71-53(62)74-50(44)83)113-32(25)17-107-124(96,97)117-24-9-38(77-5-2-35(59)68-56(77)86)111-31(24)16-106-126(100,101)119-26-11-42(81-21-66-45-48(81)72-54(63)75-51(45)84)114-33(26)18-108-127(102,128)120-27-12-39(78-6-3-36(60)69-57(78)87)109-28(27)13-103-121(88,89)90/h1-6,19-33,37-42H,7-18H2,(H,94,95)(H,96,97)(H,98,99)(H,100,101)(H2,58,67,85)(H2,59,68,86)(H2,60,69,87)(H2,88,89,90)(H2,91,92,93)(H3,61,70,73,82)(H3,62,71,74,83)(H3,63,72,75,84)/t22-,23-,24-,25-,26-,27-,28+,29+,30+,31+,32+,33+,37+,38+,39+,40+,41+,42+,127?/m0/s1. The van der Waals surface area contributed by atoms with Gasteiger partial charge in [-0.1, -0.05) is 0 Å². The molecule has 23 N–H and O–H groups in total. The minimum atomic E-state index is -5.70. The fourth-order valence-electron chi connectivity index (χ4n) is 14.4. The first-order valence-corrected chi connectivity index (χ1v) is 49.8. The summed E-state index contributed by atoms with van der Waals surface area (Å²) in [6.45, 7) is -6.34. The van der Waals surface area contributed by atoms with E-state index in [1.54, 1.807) is 0 Å². The Hall–Kier alpha value is -8.42. The minimum Gasteiger partial charge on any atom is -0.349 e. The molecule has 128 heavy (non-hydrogen) atoms. The van der Waals surface area contributed by atoms with Gasteiger partial charge < -0.3 is 61.6 Å². The summed E-state index contributed by atoms with van der Waals surface area (Å²) in [6, 6.07) is 3.56. The number of nitrogens with one attached hydrogen (secondary N) is 3.